The lowest BCUT2D eigenvalue weighted by Crippen LogP contribution is -2.64. The van der Waals surface area contributed by atoms with E-state index in [1.165, 1.54) is 0 Å². The van der Waals surface area contributed by atoms with Crippen LogP contribution in [0, 0.1) is 5.92 Å². The number of alkyl carbamates (subject to hydrolysis) is 1. The number of carbonyl (C=O) groups is 3. The molecule has 0 radical (unpaired) electrons. The van der Waals surface area contributed by atoms with Crippen LogP contribution in [0.1, 0.15) is 68.4 Å². The molecule has 0 heterocycles. The van der Waals surface area contributed by atoms with Crippen molar-refractivity contribution in [3.05, 3.63) is 59.7 Å². The van der Waals surface area contributed by atoms with Crippen LogP contribution >= 0.6 is 0 Å². The Balaban J connectivity index is 1.22. The van der Waals surface area contributed by atoms with Crippen molar-refractivity contribution in [3.8, 4) is 11.1 Å². The SMILES string of the molecule is O=C(O)C[C@@H]1CCCC[C@@H]1NC(=O)C1(NC(=O)OCC2c3ccccc3-c3ccccc32)CCC1. The number of benzene rings is 2. The van der Waals surface area contributed by atoms with Crippen molar-refractivity contribution in [2.45, 2.75) is 68.9 Å². The number of rotatable bonds is 7. The minimum atomic E-state index is -0.978. The molecule has 0 aromatic heterocycles. The van der Waals surface area contributed by atoms with Gasteiger partial charge < -0.3 is 20.5 Å². The van der Waals surface area contributed by atoms with Gasteiger partial charge in [0, 0.05) is 12.0 Å². The second-order valence-electron chi connectivity index (χ2n) is 10.1. The third kappa shape index (κ3) is 4.64. The highest BCUT2D eigenvalue weighted by Gasteiger charge is 2.47. The maximum Gasteiger partial charge on any atom is 0.408 e. The molecule has 2 saturated carbocycles. The maximum atomic E-state index is 13.2. The highest BCUT2D eigenvalue weighted by Crippen LogP contribution is 2.44. The monoisotopic (exact) mass is 476 g/mol. The van der Waals surface area contributed by atoms with E-state index < -0.39 is 17.6 Å². The van der Waals surface area contributed by atoms with E-state index in [-0.39, 0.29) is 36.8 Å². The van der Waals surface area contributed by atoms with Gasteiger partial charge in [0.25, 0.3) is 0 Å². The fourth-order valence-electron chi connectivity index (χ4n) is 5.94. The minimum Gasteiger partial charge on any atom is -0.481 e. The smallest absolute Gasteiger partial charge is 0.408 e. The van der Waals surface area contributed by atoms with Gasteiger partial charge in [-0.3, -0.25) is 9.59 Å². The normalized spacial score (nSPS) is 22.3. The number of amides is 2. The highest BCUT2D eigenvalue weighted by molar-refractivity contribution is 5.91. The van der Waals surface area contributed by atoms with Gasteiger partial charge in [-0.05, 0) is 60.3 Å². The van der Waals surface area contributed by atoms with E-state index in [2.05, 4.69) is 34.9 Å². The average molecular weight is 477 g/mol. The molecule has 3 aliphatic carbocycles. The molecule has 0 unspecified atom stereocenters. The fourth-order valence-corrected chi connectivity index (χ4v) is 5.94. The maximum absolute atomic E-state index is 13.2. The van der Waals surface area contributed by atoms with Crippen molar-refractivity contribution in [1.29, 1.82) is 0 Å². The molecule has 5 rings (SSSR count). The van der Waals surface area contributed by atoms with Crippen molar-refractivity contribution >= 4 is 18.0 Å². The van der Waals surface area contributed by atoms with Gasteiger partial charge >= 0.3 is 12.1 Å². The van der Waals surface area contributed by atoms with E-state index in [1.807, 2.05) is 24.3 Å². The van der Waals surface area contributed by atoms with Crippen LogP contribution in [0.3, 0.4) is 0 Å². The van der Waals surface area contributed by atoms with Gasteiger partial charge in [0.2, 0.25) is 5.91 Å². The molecule has 0 spiro atoms. The Morgan fingerprint density at radius 2 is 1.54 bits per heavy atom. The third-order valence-electron chi connectivity index (χ3n) is 7.99. The zero-order valence-electron chi connectivity index (χ0n) is 19.8. The number of nitrogens with one attached hydrogen (secondary N) is 2. The predicted octanol–water partition coefficient (Wildman–Crippen LogP) is 4.60. The van der Waals surface area contributed by atoms with E-state index >= 15 is 0 Å². The number of hydrogen-bond donors (Lipinski definition) is 3. The molecule has 7 nitrogen and oxygen atoms in total. The van der Waals surface area contributed by atoms with Gasteiger partial charge in [-0.1, -0.05) is 61.4 Å². The molecule has 184 valence electrons. The molecule has 3 N–H and O–H groups in total. The van der Waals surface area contributed by atoms with Crippen molar-refractivity contribution in [1.82, 2.24) is 10.6 Å². The Bertz CT molecular complexity index is 1080. The Kier molecular flexibility index (Phi) is 6.50. The van der Waals surface area contributed by atoms with E-state index in [0.29, 0.717) is 12.8 Å². The van der Waals surface area contributed by atoms with Crippen molar-refractivity contribution in [2.75, 3.05) is 6.61 Å². The molecule has 2 aromatic carbocycles. The molecular weight excluding hydrogens is 444 g/mol. The molecule has 35 heavy (non-hydrogen) atoms. The summed E-state index contributed by atoms with van der Waals surface area (Å²) < 4.78 is 5.68. The lowest BCUT2D eigenvalue weighted by Gasteiger charge is -2.42. The summed E-state index contributed by atoms with van der Waals surface area (Å²) in [5.74, 6) is -1.18. The van der Waals surface area contributed by atoms with E-state index in [9.17, 15) is 19.5 Å². The van der Waals surface area contributed by atoms with Crippen molar-refractivity contribution < 1.29 is 24.2 Å². The summed E-state index contributed by atoms with van der Waals surface area (Å²) in [6.07, 6.45) is 4.93. The zero-order chi connectivity index (χ0) is 24.4. The third-order valence-corrected chi connectivity index (χ3v) is 7.99. The quantitative estimate of drug-likeness (QED) is 0.542. The van der Waals surface area contributed by atoms with Crippen LogP contribution in [0.25, 0.3) is 11.1 Å². The summed E-state index contributed by atoms with van der Waals surface area (Å²) in [7, 11) is 0. The molecule has 2 aromatic rings. The standard InChI is InChI=1S/C28H32N2O5/c31-25(32)16-18-8-1-6-13-24(18)29-26(33)28(14-7-15-28)30-27(34)35-17-23-21-11-4-2-9-19(21)20-10-3-5-12-22(20)23/h2-5,9-12,18,23-24H,1,6-8,13-17H2,(H,29,33)(H,30,34)(H,31,32)/t18-,24-/m0/s1. The minimum absolute atomic E-state index is 0.0432. The topological polar surface area (TPSA) is 105 Å². The first-order valence-electron chi connectivity index (χ1n) is 12.6. The zero-order valence-corrected chi connectivity index (χ0v) is 19.8. The van der Waals surface area contributed by atoms with Gasteiger partial charge in [0.05, 0.1) is 6.42 Å². The average Bonchev–Trinajstić information content (AvgIpc) is 3.15. The second-order valence-corrected chi connectivity index (χ2v) is 10.1. The number of carboxylic acid groups (broad SMARTS) is 1. The van der Waals surface area contributed by atoms with Crippen molar-refractivity contribution in [3.63, 3.8) is 0 Å². The van der Waals surface area contributed by atoms with Crippen LogP contribution in [0.2, 0.25) is 0 Å². The van der Waals surface area contributed by atoms with Crippen LogP contribution in [0.4, 0.5) is 4.79 Å². The summed E-state index contributed by atoms with van der Waals surface area (Å²) in [6, 6.07) is 16.2. The van der Waals surface area contributed by atoms with Crippen LogP contribution < -0.4 is 10.6 Å². The largest absolute Gasteiger partial charge is 0.481 e. The van der Waals surface area contributed by atoms with Crippen molar-refractivity contribution in [2.24, 2.45) is 5.92 Å². The summed E-state index contributed by atoms with van der Waals surface area (Å²) in [5, 5.41) is 15.2. The van der Waals surface area contributed by atoms with Gasteiger partial charge in [0.1, 0.15) is 12.1 Å². The molecule has 2 atom stereocenters. The van der Waals surface area contributed by atoms with Gasteiger partial charge in [-0.15, -0.1) is 0 Å². The van der Waals surface area contributed by atoms with Gasteiger partial charge in [-0.2, -0.15) is 0 Å². The van der Waals surface area contributed by atoms with E-state index in [0.717, 1.165) is 54.4 Å². The van der Waals surface area contributed by atoms with Crippen LogP contribution in [-0.4, -0.2) is 41.3 Å². The first kappa shape index (κ1) is 23.4. The van der Waals surface area contributed by atoms with Gasteiger partial charge in [0.15, 0.2) is 0 Å². The molecule has 7 heteroatoms. The molecule has 2 fully saturated rings. The lowest BCUT2D eigenvalue weighted by atomic mass is 9.75. The number of hydrogen-bond acceptors (Lipinski definition) is 4. The fraction of sp³-hybridized carbons (Fsp3) is 0.464. The molecular formula is C28H32N2O5. The van der Waals surface area contributed by atoms with Crippen LogP contribution in [0.5, 0.6) is 0 Å². The number of aliphatic carboxylic acids is 1. The first-order chi connectivity index (χ1) is 17.0. The Morgan fingerprint density at radius 3 is 2.14 bits per heavy atom. The highest BCUT2D eigenvalue weighted by atomic mass is 16.5. The van der Waals surface area contributed by atoms with E-state index in [4.69, 9.17) is 4.74 Å². The molecule has 2 amide bonds. The summed E-state index contributed by atoms with van der Waals surface area (Å²) in [5.41, 5.74) is 3.62. The number of fused-ring (bicyclic) bond motifs is 3. The van der Waals surface area contributed by atoms with Crippen LogP contribution in [0.15, 0.2) is 48.5 Å². The van der Waals surface area contributed by atoms with Gasteiger partial charge in [-0.25, -0.2) is 4.79 Å². The number of carboxylic acids is 1. The molecule has 0 bridgehead atoms. The van der Waals surface area contributed by atoms with Crippen LogP contribution in [-0.2, 0) is 14.3 Å². The Morgan fingerprint density at radius 1 is 0.914 bits per heavy atom. The molecule has 0 saturated heterocycles. The lowest BCUT2D eigenvalue weighted by molar-refractivity contribution is -0.139. The summed E-state index contributed by atoms with van der Waals surface area (Å²) in [4.78, 5) is 37.3. The molecule has 3 aliphatic rings. The number of carbonyl (C=O) groups excluding carboxylic acids is 2. The summed E-state index contributed by atoms with van der Waals surface area (Å²) >= 11 is 0. The second kappa shape index (κ2) is 9.72. The summed E-state index contributed by atoms with van der Waals surface area (Å²) in [6.45, 7) is 0.195. The Labute approximate surface area is 205 Å². The molecule has 0 aliphatic heterocycles. The first-order valence-corrected chi connectivity index (χ1v) is 12.6. The van der Waals surface area contributed by atoms with E-state index in [1.54, 1.807) is 0 Å². The Hall–Kier alpha value is -3.35. The number of ether oxygens (including phenoxy) is 1. The predicted molar refractivity (Wildman–Crippen MR) is 131 cm³/mol.